The van der Waals surface area contributed by atoms with E-state index in [0.29, 0.717) is 22.7 Å². The van der Waals surface area contributed by atoms with Crippen LogP contribution in [0.25, 0.3) is 22.2 Å². The Morgan fingerprint density at radius 3 is 2.80 bits per heavy atom. The zero-order chi connectivity index (χ0) is 24.5. The summed E-state index contributed by atoms with van der Waals surface area (Å²) in [6, 6.07) is 3.99. The molecule has 3 heterocycles. The number of halogens is 2. The fourth-order valence-corrected chi connectivity index (χ4v) is 4.89. The van der Waals surface area contributed by atoms with Crippen LogP contribution in [0.1, 0.15) is 54.0 Å². The third-order valence-corrected chi connectivity index (χ3v) is 7.33. The highest BCUT2D eigenvalue weighted by atomic mass is 32.2. The molecule has 180 valence electrons. The Hall–Kier alpha value is -3.05. The molecule has 1 saturated carbocycles. The van der Waals surface area contributed by atoms with E-state index in [1.165, 1.54) is 23.7 Å². The molecule has 1 aromatic carbocycles. The van der Waals surface area contributed by atoms with Crippen LogP contribution < -0.4 is 4.72 Å². The van der Waals surface area contributed by atoms with Gasteiger partial charge in [-0.05, 0) is 43.7 Å². The quantitative estimate of drug-likeness (QED) is 0.0928. The van der Waals surface area contributed by atoms with Gasteiger partial charge in [0.15, 0.2) is 11.5 Å². The van der Waals surface area contributed by atoms with Gasteiger partial charge in [0.25, 0.3) is 0 Å². The number of nitrogens with one attached hydrogen (secondary N) is 2. The van der Waals surface area contributed by atoms with Crippen LogP contribution in [0, 0.1) is 11.6 Å². The van der Waals surface area contributed by atoms with Crippen molar-refractivity contribution >= 4 is 46.2 Å². The summed E-state index contributed by atoms with van der Waals surface area (Å²) in [7, 11) is 0. The van der Waals surface area contributed by atoms with Gasteiger partial charge in [-0.25, -0.2) is 23.7 Å². The molecule has 7 nitrogen and oxygen atoms in total. The lowest BCUT2D eigenvalue weighted by atomic mass is 10.0. The standard InChI is InChI=1S/C24H22F2N6OS2/c1-3-8-35-32-20-17(25)7-6-14(18(20)26)21(33)19-15-9-13(10-27-23(15)31-30-19)16-11-28-22(12-4-5-12)29-24(16)34-2/h6-7,9-12,32H,3-5,8H2,1-2H3,(H,27,30,31). The van der Waals surface area contributed by atoms with Crippen molar-refractivity contribution in [3.05, 3.63) is 59.3 Å². The van der Waals surface area contributed by atoms with Gasteiger partial charge in [-0.2, -0.15) is 5.10 Å². The number of aromatic amines is 1. The number of carbonyl (C=O) groups excluding carboxylic acids is 1. The van der Waals surface area contributed by atoms with Crippen molar-refractivity contribution in [3.8, 4) is 11.1 Å². The van der Waals surface area contributed by atoms with E-state index in [9.17, 15) is 9.18 Å². The van der Waals surface area contributed by atoms with Crippen molar-refractivity contribution in [1.29, 1.82) is 0 Å². The van der Waals surface area contributed by atoms with Crippen molar-refractivity contribution in [2.75, 3.05) is 16.7 Å². The summed E-state index contributed by atoms with van der Waals surface area (Å²) in [5.41, 5.74) is 1.31. The summed E-state index contributed by atoms with van der Waals surface area (Å²) < 4.78 is 32.1. The molecule has 0 bridgehead atoms. The Kier molecular flexibility index (Phi) is 6.70. The van der Waals surface area contributed by atoms with Crippen molar-refractivity contribution < 1.29 is 13.6 Å². The molecule has 0 unspecified atom stereocenters. The van der Waals surface area contributed by atoms with E-state index in [4.69, 9.17) is 4.98 Å². The van der Waals surface area contributed by atoms with Gasteiger partial charge in [0.2, 0.25) is 5.78 Å². The second kappa shape index (κ2) is 9.90. The smallest absolute Gasteiger partial charge is 0.214 e. The molecule has 0 radical (unpaired) electrons. The van der Waals surface area contributed by atoms with Gasteiger partial charge in [-0.15, -0.1) is 11.8 Å². The maximum atomic E-state index is 15.1. The molecule has 0 aliphatic heterocycles. The summed E-state index contributed by atoms with van der Waals surface area (Å²) in [6.45, 7) is 1.96. The average Bonchev–Trinajstić information content (AvgIpc) is 3.64. The van der Waals surface area contributed by atoms with Gasteiger partial charge >= 0.3 is 0 Å². The highest BCUT2D eigenvalue weighted by Gasteiger charge is 2.28. The number of hydrogen-bond donors (Lipinski definition) is 2. The zero-order valence-electron chi connectivity index (χ0n) is 19.1. The minimum atomic E-state index is -0.945. The molecule has 35 heavy (non-hydrogen) atoms. The monoisotopic (exact) mass is 512 g/mol. The van der Waals surface area contributed by atoms with E-state index in [0.717, 1.165) is 53.4 Å². The first-order valence-electron chi connectivity index (χ1n) is 11.2. The highest BCUT2D eigenvalue weighted by molar-refractivity contribution is 8.00. The number of rotatable bonds is 9. The molecular weight excluding hydrogens is 490 g/mol. The first kappa shape index (κ1) is 23.7. The average molecular weight is 513 g/mol. The molecule has 0 atom stereocenters. The maximum Gasteiger partial charge on any atom is 0.214 e. The first-order valence-corrected chi connectivity index (χ1v) is 13.4. The molecule has 0 saturated heterocycles. The Labute approximate surface area is 209 Å². The lowest BCUT2D eigenvalue weighted by molar-refractivity contribution is 0.103. The Bertz CT molecular complexity index is 1420. The molecule has 1 aliphatic carbocycles. The van der Waals surface area contributed by atoms with Crippen LogP contribution in [0.3, 0.4) is 0 Å². The van der Waals surface area contributed by atoms with Crippen LogP contribution in [0.5, 0.6) is 0 Å². The summed E-state index contributed by atoms with van der Waals surface area (Å²) in [4.78, 5) is 26.9. The molecule has 11 heteroatoms. The molecule has 0 amide bonds. The lowest BCUT2D eigenvalue weighted by Gasteiger charge is -2.10. The number of nitrogens with zero attached hydrogens (tertiary/aromatic N) is 4. The highest BCUT2D eigenvalue weighted by Crippen LogP contribution is 2.40. The van der Waals surface area contributed by atoms with Gasteiger partial charge < -0.3 is 4.72 Å². The van der Waals surface area contributed by atoms with Crippen molar-refractivity contribution in [3.63, 3.8) is 0 Å². The number of thioether (sulfide) groups is 1. The number of carbonyl (C=O) groups is 1. The largest absolute Gasteiger partial charge is 0.325 e. The third-order valence-electron chi connectivity index (χ3n) is 5.67. The predicted molar refractivity (Wildman–Crippen MR) is 135 cm³/mol. The topological polar surface area (TPSA) is 96.5 Å². The fraction of sp³-hybridized carbons (Fsp3) is 0.292. The minimum absolute atomic E-state index is 0.0771. The molecule has 1 aliphatic rings. The van der Waals surface area contributed by atoms with Crippen LogP contribution in [-0.2, 0) is 0 Å². The van der Waals surface area contributed by atoms with E-state index < -0.39 is 17.4 Å². The number of hydrogen-bond acceptors (Lipinski definition) is 8. The Morgan fingerprint density at radius 2 is 2.06 bits per heavy atom. The number of anilines is 1. The van der Waals surface area contributed by atoms with Crippen LogP contribution in [0.15, 0.2) is 35.6 Å². The van der Waals surface area contributed by atoms with Crippen LogP contribution in [-0.4, -0.2) is 42.9 Å². The number of H-pyrrole nitrogens is 1. The summed E-state index contributed by atoms with van der Waals surface area (Å²) in [6.07, 6.45) is 8.43. The molecular formula is C24H22F2N6OS2. The molecule has 5 rings (SSSR count). The van der Waals surface area contributed by atoms with Gasteiger partial charge in [0.1, 0.15) is 28.0 Å². The summed E-state index contributed by atoms with van der Waals surface area (Å²) in [5, 5.41) is 8.05. The first-order chi connectivity index (χ1) is 17.0. The van der Waals surface area contributed by atoms with Gasteiger partial charge in [0.05, 0.1) is 10.9 Å². The Balaban J connectivity index is 1.52. The summed E-state index contributed by atoms with van der Waals surface area (Å²) >= 11 is 2.69. The lowest BCUT2D eigenvalue weighted by Crippen LogP contribution is -2.08. The molecule has 3 aromatic heterocycles. The third kappa shape index (κ3) is 4.62. The second-order valence-electron chi connectivity index (χ2n) is 8.18. The Morgan fingerprint density at radius 1 is 1.23 bits per heavy atom. The molecule has 2 N–H and O–H groups in total. The number of ketones is 1. The molecule has 4 aromatic rings. The van der Waals surface area contributed by atoms with Crippen molar-refractivity contribution in [2.24, 2.45) is 0 Å². The van der Waals surface area contributed by atoms with Crippen LogP contribution >= 0.6 is 23.7 Å². The van der Waals surface area contributed by atoms with Crippen LogP contribution in [0.4, 0.5) is 14.5 Å². The zero-order valence-corrected chi connectivity index (χ0v) is 20.7. The van der Waals surface area contributed by atoms with Crippen LogP contribution in [0.2, 0.25) is 0 Å². The van der Waals surface area contributed by atoms with E-state index in [1.807, 2.05) is 13.2 Å². The number of pyridine rings is 1. The van der Waals surface area contributed by atoms with Gasteiger partial charge in [-0.1, -0.05) is 18.9 Å². The van der Waals surface area contributed by atoms with E-state index in [2.05, 4.69) is 24.9 Å². The number of aromatic nitrogens is 5. The van der Waals surface area contributed by atoms with Gasteiger partial charge in [0, 0.05) is 35.2 Å². The van der Waals surface area contributed by atoms with E-state index in [1.54, 1.807) is 18.5 Å². The normalized spacial score (nSPS) is 13.4. The molecule has 0 spiro atoms. The number of benzene rings is 1. The van der Waals surface area contributed by atoms with Gasteiger partial charge in [-0.3, -0.25) is 9.89 Å². The fourth-order valence-electron chi connectivity index (χ4n) is 3.67. The molecule has 1 fully saturated rings. The number of fused-ring (bicyclic) bond motifs is 1. The van der Waals surface area contributed by atoms with E-state index in [-0.39, 0.29) is 16.9 Å². The van der Waals surface area contributed by atoms with Crippen molar-refractivity contribution in [2.45, 2.75) is 37.1 Å². The predicted octanol–water partition coefficient (Wildman–Crippen LogP) is 5.99. The summed E-state index contributed by atoms with van der Waals surface area (Å²) in [5.74, 6) is -0.406. The minimum Gasteiger partial charge on any atom is -0.325 e. The van der Waals surface area contributed by atoms with Crippen molar-refractivity contribution in [1.82, 2.24) is 25.1 Å². The SMILES string of the molecule is CCCSNc1c(F)ccc(C(=O)c2[nH]nc3ncc(-c4cnc(C5CC5)nc4SC)cc23)c1F. The maximum absolute atomic E-state index is 15.1. The van der Waals surface area contributed by atoms with E-state index >= 15 is 4.39 Å². The second-order valence-corrected chi connectivity index (χ2v) is 9.88.